The Hall–Kier alpha value is -1.45. The maximum Gasteiger partial charge on any atom is 0.387 e. The molecule has 0 spiro atoms. The van der Waals surface area contributed by atoms with Crippen molar-refractivity contribution in [2.75, 3.05) is 0 Å². The largest absolute Gasteiger partial charge is 0.434 e. The minimum atomic E-state index is -2.91. The second-order valence-corrected chi connectivity index (χ2v) is 3.15. The third-order valence-electron chi connectivity index (χ3n) is 1.97. The normalized spacial score (nSPS) is 10.5. The van der Waals surface area contributed by atoms with Crippen molar-refractivity contribution in [3.8, 4) is 5.75 Å². The van der Waals surface area contributed by atoms with Crippen molar-refractivity contribution >= 4 is 5.78 Å². The van der Waals surface area contributed by atoms with Gasteiger partial charge in [0.1, 0.15) is 5.75 Å². The van der Waals surface area contributed by atoms with Crippen molar-refractivity contribution in [3.05, 3.63) is 29.3 Å². The van der Waals surface area contributed by atoms with Gasteiger partial charge in [-0.25, -0.2) is 0 Å². The molecule has 0 saturated carbocycles. The van der Waals surface area contributed by atoms with Crippen LogP contribution in [-0.4, -0.2) is 12.4 Å². The predicted octanol–water partition coefficient (Wildman–Crippen LogP) is 3.19. The minimum Gasteiger partial charge on any atom is -0.434 e. The molecule has 0 bridgehead atoms. The number of carbonyl (C=O) groups excluding carboxylic acids is 1. The molecule has 0 unspecified atom stereocenters. The number of hydrogen-bond donors (Lipinski definition) is 0. The zero-order valence-electron chi connectivity index (χ0n) is 8.59. The first-order valence-electron chi connectivity index (χ1n) is 4.63. The molecule has 0 amide bonds. The molecule has 1 rings (SSSR count). The maximum absolute atomic E-state index is 12.0. The number of carbonyl (C=O) groups is 1. The van der Waals surface area contributed by atoms with Gasteiger partial charge in [0.25, 0.3) is 0 Å². The van der Waals surface area contributed by atoms with E-state index in [4.69, 9.17) is 0 Å². The predicted molar refractivity (Wildman–Crippen MR) is 52.4 cm³/mol. The molecule has 0 aromatic heterocycles. The smallest absolute Gasteiger partial charge is 0.387 e. The van der Waals surface area contributed by atoms with E-state index in [9.17, 15) is 13.6 Å². The summed E-state index contributed by atoms with van der Waals surface area (Å²) >= 11 is 0. The average molecular weight is 214 g/mol. The first-order chi connectivity index (χ1) is 7.04. The third kappa shape index (κ3) is 3.01. The molecular formula is C11H12F2O2. The molecule has 0 atom stereocenters. The fourth-order valence-electron chi connectivity index (χ4n) is 1.25. The number of halogens is 2. The minimum absolute atomic E-state index is 0.0533. The molecule has 0 aliphatic carbocycles. The van der Waals surface area contributed by atoms with Crippen LogP contribution < -0.4 is 4.74 Å². The Labute approximate surface area is 86.9 Å². The van der Waals surface area contributed by atoms with Crippen LogP contribution in [0, 0.1) is 6.92 Å². The summed E-state index contributed by atoms with van der Waals surface area (Å²) in [6.45, 7) is 0.561. The Balaban J connectivity index is 3.08. The highest BCUT2D eigenvalue weighted by Crippen LogP contribution is 2.23. The lowest BCUT2D eigenvalue weighted by Gasteiger charge is -2.09. The molecule has 0 fully saturated rings. The zero-order valence-corrected chi connectivity index (χ0v) is 8.59. The highest BCUT2D eigenvalue weighted by atomic mass is 19.3. The van der Waals surface area contributed by atoms with Crippen LogP contribution in [-0.2, 0) is 0 Å². The second-order valence-electron chi connectivity index (χ2n) is 3.15. The van der Waals surface area contributed by atoms with E-state index in [0.717, 1.165) is 5.56 Å². The number of ketones is 1. The average Bonchev–Trinajstić information content (AvgIpc) is 2.19. The summed E-state index contributed by atoms with van der Waals surface area (Å²) in [6.07, 6.45) is 0.267. The Morgan fingerprint density at radius 2 is 2.13 bits per heavy atom. The molecule has 0 aliphatic rings. The lowest BCUT2D eigenvalue weighted by Crippen LogP contribution is -2.07. The number of benzene rings is 1. The first-order valence-corrected chi connectivity index (χ1v) is 4.63. The summed E-state index contributed by atoms with van der Waals surface area (Å²) in [5.74, 6) is -0.253. The quantitative estimate of drug-likeness (QED) is 0.719. The molecule has 0 radical (unpaired) electrons. The van der Waals surface area contributed by atoms with Crippen molar-refractivity contribution in [1.29, 1.82) is 0 Å². The lowest BCUT2D eigenvalue weighted by atomic mass is 10.1. The molecule has 1 aromatic rings. The summed E-state index contributed by atoms with van der Waals surface area (Å²) in [4.78, 5) is 11.4. The summed E-state index contributed by atoms with van der Waals surface area (Å²) in [6, 6.07) is 4.58. The standard InChI is InChI=1S/C11H12F2O2/c1-3-9(14)8-6-7(2)4-5-10(8)15-11(12)13/h4-6,11H,3H2,1-2H3. The fraction of sp³-hybridized carbons (Fsp3) is 0.364. The Morgan fingerprint density at radius 3 is 2.67 bits per heavy atom. The van der Waals surface area contributed by atoms with Crippen molar-refractivity contribution in [2.24, 2.45) is 0 Å². The Kier molecular flexibility index (Phi) is 3.77. The lowest BCUT2D eigenvalue weighted by molar-refractivity contribution is -0.0501. The number of aryl methyl sites for hydroxylation is 1. The van der Waals surface area contributed by atoms with E-state index in [1.165, 1.54) is 6.07 Å². The number of ether oxygens (including phenoxy) is 1. The first kappa shape index (κ1) is 11.6. The van der Waals surface area contributed by atoms with Gasteiger partial charge in [0.05, 0.1) is 5.56 Å². The van der Waals surface area contributed by atoms with Gasteiger partial charge in [-0.15, -0.1) is 0 Å². The molecule has 2 nitrogen and oxygen atoms in total. The van der Waals surface area contributed by atoms with E-state index in [2.05, 4.69) is 4.74 Å². The molecule has 0 aliphatic heterocycles. The zero-order chi connectivity index (χ0) is 11.4. The van der Waals surface area contributed by atoms with Crippen molar-refractivity contribution in [2.45, 2.75) is 26.9 Å². The highest BCUT2D eigenvalue weighted by molar-refractivity contribution is 5.98. The summed E-state index contributed by atoms with van der Waals surface area (Å²) in [5, 5.41) is 0. The van der Waals surface area contributed by atoms with Crippen LogP contribution in [0.4, 0.5) is 8.78 Å². The third-order valence-corrected chi connectivity index (χ3v) is 1.97. The van der Waals surface area contributed by atoms with Gasteiger partial charge >= 0.3 is 6.61 Å². The van der Waals surface area contributed by atoms with Gasteiger partial charge in [0.2, 0.25) is 0 Å². The number of alkyl halides is 2. The van der Waals surface area contributed by atoms with E-state index in [1.54, 1.807) is 26.0 Å². The van der Waals surface area contributed by atoms with Gasteiger partial charge in [-0.05, 0) is 19.1 Å². The number of rotatable bonds is 4. The molecule has 0 N–H and O–H groups in total. The number of Topliss-reactive ketones (excluding diaryl/α,β-unsaturated/α-hetero) is 1. The van der Waals surface area contributed by atoms with Crippen molar-refractivity contribution in [1.82, 2.24) is 0 Å². The molecular weight excluding hydrogens is 202 g/mol. The summed E-state index contributed by atoms with van der Waals surface area (Å²) in [7, 11) is 0. The molecule has 15 heavy (non-hydrogen) atoms. The van der Waals surface area contributed by atoms with Gasteiger partial charge in [0.15, 0.2) is 5.78 Å². The molecule has 82 valence electrons. The van der Waals surface area contributed by atoms with Crippen molar-refractivity contribution < 1.29 is 18.3 Å². The van der Waals surface area contributed by atoms with E-state index in [0.29, 0.717) is 0 Å². The van der Waals surface area contributed by atoms with Crippen LogP contribution in [0.25, 0.3) is 0 Å². The van der Waals surface area contributed by atoms with Gasteiger partial charge < -0.3 is 4.74 Å². The van der Waals surface area contributed by atoms with Crippen LogP contribution in [0.3, 0.4) is 0 Å². The Morgan fingerprint density at radius 1 is 1.47 bits per heavy atom. The SMILES string of the molecule is CCC(=O)c1cc(C)ccc1OC(F)F. The molecule has 0 heterocycles. The van der Waals surface area contributed by atoms with E-state index >= 15 is 0 Å². The summed E-state index contributed by atoms with van der Waals surface area (Å²) < 4.78 is 28.3. The second kappa shape index (κ2) is 4.87. The van der Waals surface area contributed by atoms with Gasteiger partial charge in [-0.2, -0.15) is 8.78 Å². The van der Waals surface area contributed by atoms with E-state index in [1.807, 2.05) is 0 Å². The van der Waals surface area contributed by atoms with E-state index in [-0.39, 0.29) is 23.5 Å². The van der Waals surface area contributed by atoms with Crippen LogP contribution >= 0.6 is 0 Å². The topological polar surface area (TPSA) is 26.3 Å². The van der Waals surface area contributed by atoms with Crippen molar-refractivity contribution in [3.63, 3.8) is 0 Å². The maximum atomic E-state index is 12.0. The van der Waals surface area contributed by atoms with Gasteiger partial charge in [-0.1, -0.05) is 18.6 Å². The number of hydrogen-bond acceptors (Lipinski definition) is 2. The highest BCUT2D eigenvalue weighted by Gasteiger charge is 2.14. The monoisotopic (exact) mass is 214 g/mol. The molecule has 1 aromatic carbocycles. The summed E-state index contributed by atoms with van der Waals surface area (Å²) in [5.41, 5.74) is 1.06. The fourth-order valence-corrected chi connectivity index (χ4v) is 1.25. The van der Waals surface area contributed by atoms with Crippen LogP contribution in [0.2, 0.25) is 0 Å². The van der Waals surface area contributed by atoms with Crippen LogP contribution in [0.1, 0.15) is 29.3 Å². The van der Waals surface area contributed by atoms with Gasteiger partial charge in [0, 0.05) is 6.42 Å². The van der Waals surface area contributed by atoms with Crippen LogP contribution in [0.5, 0.6) is 5.75 Å². The van der Waals surface area contributed by atoms with Crippen LogP contribution in [0.15, 0.2) is 18.2 Å². The molecule has 4 heteroatoms. The van der Waals surface area contributed by atoms with Gasteiger partial charge in [-0.3, -0.25) is 4.79 Å². The molecule has 0 saturated heterocycles. The van der Waals surface area contributed by atoms with E-state index < -0.39 is 6.61 Å². The Bertz CT molecular complexity index is 362.